The smallest absolute Gasteiger partial charge is 0.258 e. The Balaban J connectivity index is 3.40. The summed E-state index contributed by atoms with van der Waals surface area (Å²) < 4.78 is 46.8. The van der Waals surface area contributed by atoms with Gasteiger partial charge in [0.1, 0.15) is 5.69 Å². The van der Waals surface area contributed by atoms with Gasteiger partial charge in [0.15, 0.2) is 0 Å². The van der Waals surface area contributed by atoms with Gasteiger partial charge >= 0.3 is 5.69 Å². The molecule has 0 aromatic carbocycles. The van der Waals surface area contributed by atoms with E-state index >= 15 is 0 Å². The number of hydrogen-bond donors (Lipinski definition) is 0. The van der Waals surface area contributed by atoms with Crippen LogP contribution in [-0.4, -0.2) is 43.0 Å². The highest BCUT2D eigenvalue weighted by atomic mass is 35.7. The quantitative estimate of drug-likeness (QED) is 0.416. The summed E-state index contributed by atoms with van der Waals surface area (Å²) in [6, 6.07) is 0. The summed E-state index contributed by atoms with van der Waals surface area (Å²) in [5.74, 6) is -1.67. The first-order chi connectivity index (χ1) is 8.99. The number of aryl methyl sites for hydroxylation is 2. The predicted octanol–water partition coefficient (Wildman–Crippen LogP) is 0.462. The second-order valence-electron chi connectivity index (χ2n) is 3.87. The van der Waals surface area contributed by atoms with Crippen LogP contribution in [0.5, 0.6) is 0 Å². The zero-order valence-electron chi connectivity index (χ0n) is 10.6. The maximum absolute atomic E-state index is 12.1. The van der Waals surface area contributed by atoms with Gasteiger partial charge in [-0.25, -0.2) is 21.5 Å². The lowest BCUT2D eigenvalue weighted by Crippen LogP contribution is -2.19. The minimum Gasteiger partial charge on any atom is -0.258 e. The van der Waals surface area contributed by atoms with Crippen molar-refractivity contribution in [2.75, 3.05) is 11.5 Å². The van der Waals surface area contributed by atoms with Crippen LogP contribution in [0.4, 0.5) is 5.69 Å². The molecule has 12 heteroatoms. The summed E-state index contributed by atoms with van der Waals surface area (Å²) in [7, 11) is -3.25. The summed E-state index contributed by atoms with van der Waals surface area (Å²) in [5.41, 5.74) is -0.692. The van der Waals surface area contributed by atoms with Crippen LogP contribution >= 0.6 is 10.7 Å². The largest absolute Gasteiger partial charge is 0.328 e. The molecule has 114 valence electrons. The van der Waals surface area contributed by atoms with Gasteiger partial charge in [-0.3, -0.25) is 10.1 Å². The third kappa shape index (κ3) is 3.67. The Morgan fingerprint density at radius 3 is 2.25 bits per heavy atom. The number of nitrogens with zero attached hydrogens (tertiary/aromatic N) is 3. The molecule has 0 saturated carbocycles. The summed E-state index contributed by atoms with van der Waals surface area (Å²) in [4.78, 5) is 10.1. The molecule has 9 nitrogen and oxygen atoms in total. The molecule has 20 heavy (non-hydrogen) atoms. The molecule has 0 bridgehead atoms. The monoisotopic (exact) mass is 345 g/mol. The van der Waals surface area contributed by atoms with Gasteiger partial charge in [0.05, 0.1) is 16.4 Å². The third-order valence-electron chi connectivity index (χ3n) is 2.42. The van der Waals surface area contributed by atoms with E-state index in [1.807, 2.05) is 0 Å². The van der Waals surface area contributed by atoms with Crippen LogP contribution in [0.25, 0.3) is 0 Å². The van der Waals surface area contributed by atoms with Crippen molar-refractivity contribution in [3.05, 3.63) is 15.8 Å². The van der Waals surface area contributed by atoms with Crippen molar-refractivity contribution in [1.82, 2.24) is 9.78 Å². The lowest BCUT2D eigenvalue weighted by Gasteiger charge is -2.04. The first-order valence-corrected chi connectivity index (χ1v) is 9.49. The van der Waals surface area contributed by atoms with E-state index in [2.05, 4.69) is 5.10 Å². The van der Waals surface area contributed by atoms with Crippen molar-refractivity contribution >= 4 is 35.3 Å². The minimum absolute atomic E-state index is 0.0517. The summed E-state index contributed by atoms with van der Waals surface area (Å²) in [6.45, 7) is 2.96. The van der Waals surface area contributed by atoms with Crippen LogP contribution in [0.1, 0.15) is 12.6 Å². The van der Waals surface area contributed by atoms with Crippen LogP contribution in [0.3, 0.4) is 0 Å². The molecule has 0 fully saturated rings. The van der Waals surface area contributed by atoms with Crippen molar-refractivity contribution in [2.24, 2.45) is 0 Å². The molecular weight excluding hydrogens is 334 g/mol. The highest BCUT2D eigenvalue weighted by Crippen LogP contribution is 2.28. The summed E-state index contributed by atoms with van der Waals surface area (Å²) in [6.07, 6.45) is 0. The Morgan fingerprint density at radius 1 is 1.30 bits per heavy atom. The number of rotatable bonds is 6. The van der Waals surface area contributed by atoms with E-state index in [9.17, 15) is 26.9 Å². The Labute approximate surface area is 120 Å². The number of sulfone groups is 1. The fraction of sp³-hybridized carbons (Fsp3) is 0.625. The van der Waals surface area contributed by atoms with Crippen molar-refractivity contribution in [2.45, 2.75) is 25.4 Å². The van der Waals surface area contributed by atoms with Crippen molar-refractivity contribution in [1.29, 1.82) is 0 Å². The van der Waals surface area contributed by atoms with E-state index in [4.69, 9.17) is 10.7 Å². The second kappa shape index (κ2) is 5.66. The molecule has 1 heterocycles. The number of aromatic nitrogens is 2. The maximum atomic E-state index is 12.1. The van der Waals surface area contributed by atoms with Crippen molar-refractivity contribution in [3.8, 4) is 0 Å². The van der Waals surface area contributed by atoms with Gasteiger partial charge < -0.3 is 0 Å². The van der Waals surface area contributed by atoms with Gasteiger partial charge in [-0.15, -0.1) is 0 Å². The molecule has 1 aromatic rings. The molecule has 0 amide bonds. The molecule has 0 N–H and O–H groups in total. The highest BCUT2D eigenvalue weighted by Gasteiger charge is 2.34. The van der Waals surface area contributed by atoms with Crippen LogP contribution in [0, 0.1) is 17.0 Å². The first-order valence-electron chi connectivity index (χ1n) is 5.36. The zero-order chi connectivity index (χ0) is 15.7. The standard InChI is InChI=1S/C8H12ClN3O6S2/c1-3-11-8(7(12(13)14)6(2)10-11)19(15,16)4-5-20(9,17)18/h3-5H2,1-2H3. The van der Waals surface area contributed by atoms with E-state index in [-0.39, 0.29) is 12.2 Å². The highest BCUT2D eigenvalue weighted by molar-refractivity contribution is 8.14. The second-order valence-corrected chi connectivity index (χ2v) is 8.79. The Morgan fingerprint density at radius 2 is 1.85 bits per heavy atom. The van der Waals surface area contributed by atoms with Gasteiger partial charge in [-0.1, -0.05) is 0 Å². The molecular formula is C8H12ClN3O6S2. The van der Waals surface area contributed by atoms with Gasteiger partial charge in [0.25, 0.3) is 0 Å². The van der Waals surface area contributed by atoms with E-state index in [1.54, 1.807) is 6.92 Å². The number of halogens is 1. The summed E-state index contributed by atoms with van der Waals surface area (Å²) >= 11 is 0. The molecule has 0 saturated heterocycles. The molecule has 0 aliphatic rings. The maximum Gasteiger partial charge on any atom is 0.328 e. The van der Waals surface area contributed by atoms with E-state index in [1.165, 1.54) is 6.92 Å². The lowest BCUT2D eigenvalue weighted by atomic mass is 10.4. The van der Waals surface area contributed by atoms with Gasteiger partial charge in [-0.05, 0) is 13.8 Å². The van der Waals surface area contributed by atoms with Crippen LogP contribution in [0.2, 0.25) is 0 Å². The predicted molar refractivity (Wildman–Crippen MR) is 71.0 cm³/mol. The topological polar surface area (TPSA) is 129 Å². The number of nitro groups is 1. The third-order valence-corrected chi connectivity index (χ3v) is 5.57. The molecule has 0 aliphatic carbocycles. The van der Waals surface area contributed by atoms with E-state index in [0.29, 0.717) is 0 Å². The Bertz CT molecular complexity index is 737. The first kappa shape index (κ1) is 16.9. The minimum atomic E-state index is -4.20. The molecule has 1 aromatic heterocycles. The molecule has 0 aliphatic heterocycles. The normalized spacial score (nSPS) is 12.6. The molecule has 0 atom stereocenters. The van der Waals surface area contributed by atoms with Crippen molar-refractivity contribution in [3.63, 3.8) is 0 Å². The number of hydrogen-bond acceptors (Lipinski definition) is 7. The van der Waals surface area contributed by atoms with Gasteiger partial charge in [0.2, 0.25) is 23.9 Å². The molecule has 0 spiro atoms. The molecule has 1 rings (SSSR count). The zero-order valence-corrected chi connectivity index (χ0v) is 13.0. The van der Waals surface area contributed by atoms with Gasteiger partial charge in [0, 0.05) is 17.2 Å². The summed E-state index contributed by atoms with van der Waals surface area (Å²) in [5, 5.41) is 14.1. The van der Waals surface area contributed by atoms with E-state index < -0.39 is 46.0 Å². The van der Waals surface area contributed by atoms with Crippen LogP contribution in [0.15, 0.2) is 5.03 Å². The van der Waals surface area contributed by atoms with Gasteiger partial charge in [-0.2, -0.15) is 5.10 Å². The lowest BCUT2D eigenvalue weighted by molar-refractivity contribution is -0.388. The Hall–Kier alpha value is -1.20. The van der Waals surface area contributed by atoms with Crippen LogP contribution in [-0.2, 0) is 25.4 Å². The average Bonchev–Trinajstić information content (AvgIpc) is 2.63. The molecule has 0 unspecified atom stereocenters. The van der Waals surface area contributed by atoms with Crippen molar-refractivity contribution < 1.29 is 21.8 Å². The Kier molecular flexibility index (Phi) is 4.77. The molecule has 0 radical (unpaired) electrons. The average molecular weight is 346 g/mol. The fourth-order valence-electron chi connectivity index (χ4n) is 1.59. The fourth-order valence-corrected chi connectivity index (χ4v) is 5.03. The SMILES string of the molecule is CCn1nc(C)c([N+](=O)[O-])c1S(=O)(=O)CCS(=O)(=O)Cl. The van der Waals surface area contributed by atoms with Crippen LogP contribution < -0.4 is 0 Å². The van der Waals surface area contributed by atoms with E-state index in [0.717, 1.165) is 4.68 Å².